The minimum Gasteiger partial charge on any atom is -0.461 e. The molecule has 0 aliphatic carbocycles. The summed E-state index contributed by atoms with van der Waals surface area (Å²) in [4.78, 5) is 32.5. The highest BCUT2D eigenvalue weighted by Gasteiger charge is 2.23. The van der Waals surface area contributed by atoms with E-state index in [0.717, 1.165) is 11.1 Å². The van der Waals surface area contributed by atoms with E-state index in [-0.39, 0.29) is 18.1 Å². The molecule has 2 aromatic heterocycles. The van der Waals surface area contributed by atoms with E-state index in [0.29, 0.717) is 15.6 Å². The number of rotatable bonds is 4. The summed E-state index contributed by atoms with van der Waals surface area (Å²) in [7, 11) is 0. The monoisotopic (exact) mass is 304 g/mol. The highest BCUT2D eigenvalue weighted by atomic mass is 32.1. The van der Waals surface area contributed by atoms with E-state index in [1.807, 2.05) is 19.9 Å². The van der Waals surface area contributed by atoms with Gasteiger partial charge in [0, 0.05) is 13.1 Å². The van der Waals surface area contributed by atoms with Gasteiger partial charge in [-0.3, -0.25) is 9.78 Å². The number of ether oxygens (including phenoxy) is 1. The smallest absolute Gasteiger partial charge is 0.358 e. The SMILES string of the molecule is CCOC(=O)c1nc(-c2ncc(C)cc2C)sc1C(C)=O. The topological polar surface area (TPSA) is 69.2 Å². The Kier molecular flexibility index (Phi) is 4.47. The van der Waals surface area contributed by atoms with Crippen LogP contribution in [0.5, 0.6) is 0 Å². The molecule has 5 nitrogen and oxygen atoms in total. The van der Waals surface area contributed by atoms with Gasteiger partial charge in [0.2, 0.25) is 0 Å². The molecule has 6 heteroatoms. The zero-order valence-electron chi connectivity index (χ0n) is 12.4. The molecule has 0 fully saturated rings. The van der Waals surface area contributed by atoms with Crippen LogP contribution >= 0.6 is 11.3 Å². The first-order valence-corrected chi connectivity index (χ1v) is 7.38. The van der Waals surface area contributed by atoms with Gasteiger partial charge in [-0.25, -0.2) is 9.78 Å². The number of esters is 1. The zero-order chi connectivity index (χ0) is 15.6. The number of ketones is 1. The molecule has 2 rings (SSSR count). The lowest BCUT2D eigenvalue weighted by molar-refractivity contribution is 0.0517. The van der Waals surface area contributed by atoms with E-state index in [1.165, 1.54) is 18.3 Å². The van der Waals surface area contributed by atoms with Crippen LogP contribution in [0.2, 0.25) is 0 Å². The summed E-state index contributed by atoms with van der Waals surface area (Å²) in [6, 6.07) is 1.99. The van der Waals surface area contributed by atoms with Gasteiger partial charge in [0.25, 0.3) is 0 Å². The summed E-state index contributed by atoms with van der Waals surface area (Å²) in [6.45, 7) is 7.25. The van der Waals surface area contributed by atoms with Crippen LogP contribution in [0.4, 0.5) is 0 Å². The van der Waals surface area contributed by atoms with Gasteiger partial charge in [0.1, 0.15) is 15.6 Å². The molecule has 0 amide bonds. The second kappa shape index (κ2) is 6.13. The largest absolute Gasteiger partial charge is 0.461 e. The fourth-order valence-electron chi connectivity index (χ4n) is 1.94. The van der Waals surface area contributed by atoms with Crippen LogP contribution in [0.3, 0.4) is 0 Å². The van der Waals surface area contributed by atoms with Gasteiger partial charge in [0.15, 0.2) is 11.5 Å². The van der Waals surface area contributed by atoms with Crippen molar-refractivity contribution in [3.05, 3.63) is 34.0 Å². The Balaban J connectivity index is 2.53. The molecule has 2 heterocycles. The van der Waals surface area contributed by atoms with Crippen molar-refractivity contribution >= 4 is 23.1 Å². The van der Waals surface area contributed by atoms with Crippen molar-refractivity contribution in [1.29, 1.82) is 0 Å². The van der Waals surface area contributed by atoms with Crippen LogP contribution in [0, 0.1) is 13.8 Å². The maximum atomic E-state index is 11.9. The first-order chi connectivity index (χ1) is 9.93. The molecular weight excluding hydrogens is 288 g/mol. The Hall–Kier alpha value is -2.08. The average Bonchev–Trinajstić information content (AvgIpc) is 2.84. The third-order valence-corrected chi connectivity index (χ3v) is 4.00. The summed E-state index contributed by atoms with van der Waals surface area (Å²) < 4.78 is 4.95. The van der Waals surface area contributed by atoms with Gasteiger partial charge in [-0.15, -0.1) is 11.3 Å². The molecule has 0 saturated heterocycles. The van der Waals surface area contributed by atoms with Crippen LogP contribution in [0.15, 0.2) is 12.3 Å². The van der Waals surface area contributed by atoms with Crippen LogP contribution in [-0.2, 0) is 4.74 Å². The summed E-state index contributed by atoms with van der Waals surface area (Å²) in [6.07, 6.45) is 1.74. The maximum Gasteiger partial charge on any atom is 0.358 e. The summed E-state index contributed by atoms with van der Waals surface area (Å²) in [5.41, 5.74) is 2.76. The van der Waals surface area contributed by atoms with Gasteiger partial charge in [0.05, 0.1) is 6.61 Å². The van der Waals surface area contributed by atoms with E-state index in [9.17, 15) is 9.59 Å². The number of aryl methyl sites for hydroxylation is 2. The Morgan fingerprint density at radius 3 is 2.62 bits per heavy atom. The zero-order valence-corrected chi connectivity index (χ0v) is 13.2. The Labute approximate surface area is 127 Å². The second-order valence-corrected chi connectivity index (χ2v) is 5.65. The van der Waals surface area contributed by atoms with Crippen molar-refractivity contribution in [1.82, 2.24) is 9.97 Å². The first kappa shape index (κ1) is 15.3. The van der Waals surface area contributed by atoms with Crippen molar-refractivity contribution in [3.63, 3.8) is 0 Å². The Morgan fingerprint density at radius 2 is 2.05 bits per heavy atom. The van der Waals surface area contributed by atoms with Crippen molar-refractivity contribution in [2.24, 2.45) is 0 Å². The molecule has 0 radical (unpaired) electrons. The number of aromatic nitrogens is 2. The molecule has 110 valence electrons. The third-order valence-electron chi connectivity index (χ3n) is 2.83. The molecule has 0 saturated carbocycles. The molecular formula is C15H16N2O3S. The number of thiazole rings is 1. The number of carbonyl (C=O) groups excluding carboxylic acids is 2. The molecule has 0 unspecified atom stereocenters. The van der Waals surface area contributed by atoms with Crippen LogP contribution in [0.1, 0.15) is 45.1 Å². The van der Waals surface area contributed by atoms with Gasteiger partial charge >= 0.3 is 5.97 Å². The molecule has 0 N–H and O–H groups in total. The van der Waals surface area contributed by atoms with Gasteiger partial charge in [-0.05, 0) is 31.9 Å². The van der Waals surface area contributed by atoms with Gasteiger partial charge < -0.3 is 4.74 Å². The molecule has 0 aromatic carbocycles. The molecule has 0 aliphatic rings. The molecule has 0 atom stereocenters. The van der Waals surface area contributed by atoms with E-state index in [4.69, 9.17) is 4.74 Å². The minimum absolute atomic E-state index is 0.0751. The lowest BCUT2D eigenvalue weighted by Gasteiger charge is -2.01. The number of nitrogens with zero attached hydrogens (tertiary/aromatic N) is 2. The minimum atomic E-state index is -0.574. The fourth-order valence-corrected chi connectivity index (χ4v) is 2.95. The molecule has 0 bridgehead atoms. The molecule has 0 spiro atoms. The first-order valence-electron chi connectivity index (χ1n) is 6.56. The van der Waals surface area contributed by atoms with Crippen LogP contribution in [0.25, 0.3) is 10.7 Å². The van der Waals surface area contributed by atoms with Gasteiger partial charge in [-0.1, -0.05) is 6.07 Å². The number of pyridine rings is 1. The highest BCUT2D eigenvalue weighted by Crippen LogP contribution is 2.30. The second-order valence-electron chi connectivity index (χ2n) is 4.65. The summed E-state index contributed by atoms with van der Waals surface area (Å²) >= 11 is 1.17. The van der Waals surface area contributed by atoms with E-state index < -0.39 is 5.97 Å². The third kappa shape index (κ3) is 3.16. The summed E-state index contributed by atoms with van der Waals surface area (Å²) in [5.74, 6) is -0.776. The van der Waals surface area contributed by atoms with Crippen LogP contribution in [-0.4, -0.2) is 28.3 Å². The fraction of sp³-hybridized carbons (Fsp3) is 0.333. The van der Waals surface area contributed by atoms with E-state index in [2.05, 4.69) is 9.97 Å². The Bertz CT molecular complexity index is 707. The van der Waals surface area contributed by atoms with Crippen molar-refractivity contribution in [2.75, 3.05) is 6.61 Å². The standard InChI is InChI=1S/C15H16N2O3S/c1-5-20-15(19)12-13(10(4)18)21-14(17-12)11-9(3)6-8(2)7-16-11/h6-7H,5H2,1-4H3. The van der Waals surface area contributed by atoms with Gasteiger partial charge in [-0.2, -0.15) is 0 Å². The van der Waals surface area contributed by atoms with E-state index >= 15 is 0 Å². The van der Waals surface area contributed by atoms with Crippen molar-refractivity contribution < 1.29 is 14.3 Å². The predicted octanol–water partition coefficient (Wildman–Crippen LogP) is 3.20. The summed E-state index contributed by atoms with van der Waals surface area (Å²) in [5, 5.41) is 0.556. The molecule has 2 aromatic rings. The lowest BCUT2D eigenvalue weighted by Crippen LogP contribution is -2.09. The number of hydrogen-bond acceptors (Lipinski definition) is 6. The Morgan fingerprint density at radius 1 is 1.33 bits per heavy atom. The number of Topliss-reactive ketones (excluding diaryl/α,β-unsaturated/α-hetero) is 1. The maximum absolute atomic E-state index is 11.9. The number of hydrogen-bond donors (Lipinski definition) is 0. The lowest BCUT2D eigenvalue weighted by atomic mass is 10.2. The quantitative estimate of drug-likeness (QED) is 0.641. The van der Waals surface area contributed by atoms with Crippen molar-refractivity contribution in [3.8, 4) is 10.7 Å². The highest BCUT2D eigenvalue weighted by molar-refractivity contribution is 7.17. The van der Waals surface area contributed by atoms with Crippen molar-refractivity contribution in [2.45, 2.75) is 27.7 Å². The normalized spacial score (nSPS) is 10.5. The van der Waals surface area contributed by atoms with Crippen LogP contribution < -0.4 is 0 Å². The molecule has 0 aliphatic heterocycles. The molecule has 21 heavy (non-hydrogen) atoms. The average molecular weight is 304 g/mol. The van der Waals surface area contributed by atoms with E-state index in [1.54, 1.807) is 13.1 Å². The number of carbonyl (C=O) groups is 2. The predicted molar refractivity (Wildman–Crippen MR) is 80.8 cm³/mol.